The van der Waals surface area contributed by atoms with Crippen molar-refractivity contribution in [2.24, 2.45) is 5.84 Å². The molecule has 0 amide bonds. The molecule has 0 aromatic rings. The number of hydrogen-bond donors (Lipinski definition) is 2. The second kappa shape index (κ2) is 9.11. The summed E-state index contributed by atoms with van der Waals surface area (Å²) in [4.78, 5) is 0. The van der Waals surface area contributed by atoms with Gasteiger partial charge >= 0.3 is 29.6 Å². The van der Waals surface area contributed by atoms with Gasteiger partial charge in [-0.05, 0) is 0 Å². The zero-order valence-electron chi connectivity index (χ0n) is 1.56. The van der Waals surface area contributed by atoms with Gasteiger partial charge in [0.05, 0.1) is 0 Å². The molecule has 0 fully saturated rings. The molecule has 0 radical (unpaired) electrons. The first kappa shape index (κ1) is 8.86. The van der Waals surface area contributed by atoms with Crippen LogP contribution in [0.5, 0.6) is 0 Å². The normalized spacial score (nSPS) is 4.50. The van der Waals surface area contributed by atoms with E-state index in [9.17, 15) is 0 Å². The summed E-state index contributed by atoms with van der Waals surface area (Å²) in [6.45, 7) is 0. The van der Waals surface area contributed by atoms with Crippen molar-refractivity contribution in [2.75, 3.05) is 0 Å². The summed E-state index contributed by atoms with van der Waals surface area (Å²) >= 11 is 0. The van der Waals surface area contributed by atoms with Gasteiger partial charge in [0.25, 0.3) is 0 Å². The number of hydrogen-bond acceptors (Lipinski definition) is 2. The predicted molar refractivity (Wildman–Crippen MR) is 16.6 cm³/mol. The van der Waals surface area contributed by atoms with Gasteiger partial charge in [0.2, 0.25) is 0 Å². The third-order valence-corrected chi connectivity index (χ3v) is 0. The molecule has 0 aromatic carbocycles. The molecule has 4 N–H and O–H groups in total. The molecule has 0 bridgehead atoms. The van der Waals surface area contributed by atoms with Crippen molar-refractivity contribution < 1.29 is 5.59 Å². The molecular weight excluding hydrogens is 67.0 g/mol. The maximum atomic E-state index is 8.58. The van der Waals surface area contributed by atoms with Gasteiger partial charge in [0.15, 0.2) is 0 Å². The Labute approximate surface area is 46.4 Å². The SMILES string of the molecule is N[NH2+][O-].[NaH]. The first-order chi connectivity index (χ1) is 1.41. The van der Waals surface area contributed by atoms with E-state index in [1.807, 2.05) is 0 Å². The van der Waals surface area contributed by atoms with Crippen molar-refractivity contribution in [1.82, 2.24) is 0 Å². The van der Waals surface area contributed by atoms with Crippen molar-refractivity contribution >= 4 is 29.6 Å². The number of rotatable bonds is 0. The van der Waals surface area contributed by atoms with E-state index in [0.717, 1.165) is 0 Å². The summed E-state index contributed by atoms with van der Waals surface area (Å²) in [6.07, 6.45) is 0. The van der Waals surface area contributed by atoms with Crippen molar-refractivity contribution in [1.29, 1.82) is 0 Å². The fourth-order valence-electron chi connectivity index (χ4n) is 0. The van der Waals surface area contributed by atoms with E-state index in [2.05, 4.69) is 5.84 Å². The van der Waals surface area contributed by atoms with Crippen LogP contribution in [0, 0.1) is 5.21 Å². The van der Waals surface area contributed by atoms with Crippen LogP contribution in [0.25, 0.3) is 0 Å². The first-order valence-electron chi connectivity index (χ1n) is 0.569. The second-order valence-electron chi connectivity index (χ2n) is 0.136. The third kappa shape index (κ3) is 13.1. The molecule has 0 unspecified atom stereocenters. The van der Waals surface area contributed by atoms with Gasteiger partial charge in [0, 0.05) is 0 Å². The maximum absolute atomic E-state index is 8.58. The van der Waals surface area contributed by atoms with Crippen LogP contribution in [0.2, 0.25) is 0 Å². The van der Waals surface area contributed by atoms with E-state index in [0.29, 0.717) is 0 Å². The molecule has 0 heterocycles. The van der Waals surface area contributed by atoms with E-state index in [4.69, 9.17) is 5.21 Å². The number of quaternary nitrogens is 1. The average Bonchev–Trinajstić information content (AvgIpc) is 0.918. The van der Waals surface area contributed by atoms with Crippen LogP contribution in [-0.2, 0) is 0 Å². The fourth-order valence-corrected chi connectivity index (χ4v) is 0. The summed E-state index contributed by atoms with van der Waals surface area (Å²) < 4.78 is 0. The quantitative estimate of drug-likeness (QED) is 0.185. The molecule has 0 atom stereocenters. The van der Waals surface area contributed by atoms with Crippen LogP contribution in [0.4, 0.5) is 0 Å². The average molecular weight is 72.0 g/mol. The van der Waals surface area contributed by atoms with E-state index in [-0.39, 0.29) is 35.1 Å². The van der Waals surface area contributed by atoms with Crippen molar-refractivity contribution in [2.45, 2.75) is 0 Å². The van der Waals surface area contributed by atoms with Gasteiger partial charge in [-0.1, -0.05) is 0 Å². The van der Waals surface area contributed by atoms with Crippen molar-refractivity contribution in [3.63, 3.8) is 0 Å². The molecule has 3 nitrogen and oxygen atoms in total. The molecule has 0 saturated heterocycles. The summed E-state index contributed by atoms with van der Waals surface area (Å²) in [5.41, 5.74) is 0.250. The molecule has 0 aromatic heterocycles. The van der Waals surface area contributed by atoms with E-state index < -0.39 is 0 Å². The van der Waals surface area contributed by atoms with Crippen LogP contribution in [0.15, 0.2) is 0 Å². The molecular formula is H5N2NaO. The van der Waals surface area contributed by atoms with Crippen LogP contribution in [0.1, 0.15) is 0 Å². The standard InChI is InChI=1S/H4N2O.Na.H/c1-2-3;;/h1-2H2;;. The molecule has 22 valence electrons. The summed E-state index contributed by atoms with van der Waals surface area (Å²) in [5, 5.41) is 8.58. The Bertz CT molecular complexity index is 6.00. The van der Waals surface area contributed by atoms with Gasteiger partial charge in [-0.2, -0.15) is 5.84 Å². The molecule has 4 heteroatoms. The second-order valence-corrected chi connectivity index (χ2v) is 0.136. The molecule has 0 aliphatic rings. The van der Waals surface area contributed by atoms with E-state index in [1.54, 1.807) is 0 Å². The zero-order valence-corrected chi connectivity index (χ0v) is 1.56. The minimum absolute atomic E-state index is 0. The fraction of sp³-hybridized carbons (Fsp3) is 0. The Morgan fingerprint density at radius 2 is 1.75 bits per heavy atom. The molecule has 4 heavy (non-hydrogen) atoms. The molecule has 0 spiro atoms. The monoisotopic (exact) mass is 72.0 g/mol. The van der Waals surface area contributed by atoms with Gasteiger partial charge in [-0.25, -0.2) is 0 Å². The van der Waals surface area contributed by atoms with Crippen molar-refractivity contribution in [3.05, 3.63) is 5.21 Å². The van der Waals surface area contributed by atoms with E-state index in [1.165, 1.54) is 0 Å². The van der Waals surface area contributed by atoms with Gasteiger partial charge in [0.1, 0.15) is 0 Å². The predicted octanol–water partition coefficient (Wildman–Crippen LogP) is -2.73. The third-order valence-electron chi connectivity index (χ3n) is 0. The topological polar surface area (TPSA) is 65.7 Å². The summed E-state index contributed by atoms with van der Waals surface area (Å²) in [5.74, 6) is 4.17. The van der Waals surface area contributed by atoms with Crippen LogP contribution >= 0.6 is 0 Å². The Hall–Kier alpha value is 0.880. The summed E-state index contributed by atoms with van der Waals surface area (Å²) in [7, 11) is 0. The van der Waals surface area contributed by atoms with E-state index >= 15 is 0 Å². The van der Waals surface area contributed by atoms with Gasteiger partial charge < -0.3 is 10.8 Å². The van der Waals surface area contributed by atoms with Crippen LogP contribution in [-0.4, -0.2) is 29.6 Å². The molecule has 0 rings (SSSR count). The Morgan fingerprint density at radius 1 is 1.75 bits per heavy atom. The van der Waals surface area contributed by atoms with Crippen molar-refractivity contribution in [3.8, 4) is 0 Å². The number of nitrogens with two attached hydrogens (primary N) is 2. The first-order valence-corrected chi connectivity index (χ1v) is 0.569. The molecule has 0 aliphatic carbocycles. The molecule has 0 saturated carbocycles. The Morgan fingerprint density at radius 3 is 1.75 bits per heavy atom. The minimum atomic E-state index is 0. The Balaban J connectivity index is 0. The summed E-state index contributed by atoms with van der Waals surface area (Å²) in [6, 6.07) is 0. The van der Waals surface area contributed by atoms with Crippen LogP contribution < -0.4 is 11.4 Å². The Kier molecular flexibility index (Phi) is 20.2. The van der Waals surface area contributed by atoms with Gasteiger partial charge in [-0.3, -0.25) is 0 Å². The van der Waals surface area contributed by atoms with Gasteiger partial charge in [-0.15, -0.1) is 0 Å². The zero-order chi connectivity index (χ0) is 2.71. The molecule has 0 aliphatic heterocycles. The van der Waals surface area contributed by atoms with Crippen LogP contribution in [0.3, 0.4) is 0 Å².